The van der Waals surface area contributed by atoms with Gasteiger partial charge in [0, 0.05) is 0 Å². The molecule has 0 aliphatic heterocycles. The van der Waals surface area contributed by atoms with Crippen LogP contribution in [0.4, 0.5) is 5.82 Å². The zero-order valence-corrected chi connectivity index (χ0v) is 9.45. The monoisotopic (exact) mass is 231 g/mol. The molecule has 84 valence electrons. The van der Waals surface area contributed by atoms with Crippen molar-refractivity contribution in [1.82, 2.24) is 9.97 Å². The zero-order chi connectivity index (χ0) is 11.3. The van der Waals surface area contributed by atoms with Gasteiger partial charge in [-0.2, -0.15) is 4.98 Å². The molecule has 0 aromatic carbocycles. The quantitative estimate of drug-likeness (QED) is 0.800. The van der Waals surface area contributed by atoms with Crippen molar-refractivity contribution in [1.29, 1.82) is 0 Å². The van der Waals surface area contributed by atoms with Gasteiger partial charge in [-0.05, 0) is 6.42 Å². The number of ether oxygens (including phenoxy) is 1. The number of aliphatic hydroxyl groups excluding tert-OH is 1. The van der Waals surface area contributed by atoms with Crippen LogP contribution in [0.15, 0.2) is 6.20 Å². The predicted molar refractivity (Wildman–Crippen MR) is 58.4 cm³/mol. The summed E-state index contributed by atoms with van der Waals surface area (Å²) in [7, 11) is 1.48. The number of rotatable bonds is 5. The van der Waals surface area contributed by atoms with Crippen LogP contribution >= 0.6 is 11.6 Å². The van der Waals surface area contributed by atoms with Gasteiger partial charge in [-0.3, -0.25) is 0 Å². The molecule has 1 rings (SSSR count). The standard InChI is InChI=1S/C9H14ClN3O2/c1-3-6(5-14)12-8-7(10)4-11-9(13-8)15-2/h4,6,14H,3,5H2,1-2H3,(H,11,12,13)/t6-/m0/s1. The normalized spacial score (nSPS) is 12.3. The molecule has 6 heteroatoms. The van der Waals surface area contributed by atoms with Gasteiger partial charge in [0.25, 0.3) is 0 Å². The lowest BCUT2D eigenvalue weighted by Crippen LogP contribution is -2.23. The van der Waals surface area contributed by atoms with E-state index in [0.717, 1.165) is 6.42 Å². The van der Waals surface area contributed by atoms with Gasteiger partial charge in [0.05, 0.1) is 26.0 Å². The van der Waals surface area contributed by atoms with Crippen LogP contribution in [0.2, 0.25) is 5.02 Å². The van der Waals surface area contributed by atoms with Crippen molar-refractivity contribution in [2.24, 2.45) is 0 Å². The lowest BCUT2D eigenvalue weighted by molar-refractivity contribution is 0.271. The van der Waals surface area contributed by atoms with Crippen LogP contribution in [-0.4, -0.2) is 34.8 Å². The van der Waals surface area contributed by atoms with E-state index in [-0.39, 0.29) is 18.7 Å². The molecule has 0 amide bonds. The molecule has 1 atom stereocenters. The highest BCUT2D eigenvalue weighted by Gasteiger charge is 2.10. The minimum absolute atomic E-state index is 0.0269. The third-order valence-corrected chi connectivity index (χ3v) is 2.24. The fourth-order valence-electron chi connectivity index (χ4n) is 1.02. The van der Waals surface area contributed by atoms with Crippen LogP contribution in [0.1, 0.15) is 13.3 Å². The van der Waals surface area contributed by atoms with Crippen LogP contribution in [0.3, 0.4) is 0 Å². The Kier molecular flexibility index (Phi) is 4.58. The first-order valence-electron chi connectivity index (χ1n) is 4.65. The maximum Gasteiger partial charge on any atom is 0.318 e. The highest BCUT2D eigenvalue weighted by molar-refractivity contribution is 6.32. The molecular weight excluding hydrogens is 218 g/mol. The van der Waals surface area contributed by atoms with Crippen LogP contribution in [0, 0.1) is 0 Å². The first-order valence-corrected chi connectivity index (χ1v) is 5.03. The molecule has 0 spiro atoms. The highest BCUT2D eigenvalue weighted by Crippen LogP contribution is 2.21. The summed E-state index contributed by atoms with van der Waals surface area (Å²) in [5.74, 6) is 0.476. The summed E-state index contributed by atoms with van der Waals surface area (Å²) in [5, 5.41) is 12.4. The van der Waals surface area contributed by atoms with Crippen molar-refractivity contribution < 1.29 is 9.84 Å². The average Bonchev–Trinajstić information content (AvgIpc) is 2.28. The molecule has 0 unspecified atom stereocenters. The van der Waals surface area contributed by atoms with Gasteiger partial charge in [-0.15, -0.1) is 0 Å². The second-order valence-corrected chi connectivity index (χ2v) is 3.39. The first-order chi connectivity index (χ1) is 7.21. The fourth-order valence-corrected chi connectivity index (χ4v) is 1.17. The summed E-state index contributed by atoms with van der Waals surface area (Å²) < 4.78 is 4.88. The Morgan fingerprint density at radius 2 is 2.40 bits per heavy atom. The molecule has 0 saturated carbocycles. The number of anilines is 1. The van der Waals surface area contributed by atoms with E-state index in [2.05, 4.69) is 15.3 Å². The highest BCUT2D eigenvalue weighted by atomic mass is 35.5. The maximum absolute atomic E-state index is 9.02. The molecule has 15 heavy (non-hydrogen) atoms. The van der Waals surface area contributed by atoms with E-state index in [4.69, 9.17) is 21.4 Å². The number of methoxy groups -OCH3 is 1. The number of hydrogen-bond donors (Lipinski definition) is 2. The zero-order valence-electron chi connectivity index (χ0n) is 8.70. The van der Waals surface area contributed by atoms with Crippen molar-refractivity contribution in [3.05, 3.63) is 11.2 Å². The molecule has 0 bridgehead atoms. The number of aromatic nitrogens is 2. The molecule has 0 aliphatic rings. The Morgan fingerprint density at radius 1 is 1.67 bits per heavy atom. The van der Waals surface area contributed by atoms with Crippen molar-refractivity contribution in [2.75, 3.05) is 19.0 Å². The molecule has 0 radical (unpaired) electrons. The molecule has 1 aromatic heterocycles. The van der Waals surface area contributed by atoms with Gasteiger partial charge in [0.1, 0.15) is 5.02 Å². The largest absolute Gasteiger partial charge is 0.467 e. The number of nitrogens with one attached hydrogen (secondary N) is 1. The van der Waals surface area contributed by atoms with Crippen molar-refractivity contribution >= 4 is 17.4 Å². The smallest absolute Gasteiger partial charge is 0.318 e. The van der Waals surface area contributed by atoms with E-state index in [1.54, 1.807) is 0 Å². The summed E-state index contributed by atoms with van der Waals surface area (Å²) in [4.78, 5) is 7.89. The summed E-state index contributed by atoms with van der Waals surface area (Å²) in [6, 6.07) is 0.178. The lowest BCUT2D eigenvalue weighted by atomic mass is 10.2. The Morgan fingerprint density at radius 3 is 2.93 bits per heavy atom. The molecular formula is C9H14ClN3O2. The number of hydrogen-bond acceptors (Lipinski definition) is 5. The van der Waals surface area contributed by atoms with Crippen LogP contribution in [0.5, 0.6) is 6.01 Å². The topological polar surface area (TPSA) is 67.3 Å². The van der Waals surface area contributed by atoms with E-state index in [9.17, 15) is 0 Å². The van der Waals surface area contributed by atoms with Crippen LogP contribution in [-0.2, 0) is 0 Å². The van der Waals surface area contributed by atoms with Gasteiger partial charge in [0.2, 0.25) is 0 Å². The molecule has 0 fully saturated rings. The van der Waals surface area contributed by atoms with Gasteiger partial charge in [0.15, 0.2) is 5.82 Å². The molecule has 2 N–H and O–H groups in total. The first kappa shape index (κ1) is 12.0. The third-order valence-electron chi connectivity index (χ3n) is 1.96. The van der Waals surface area contributed by atoms with E-state index in [1.165, 1.54) is 13.3 Å². The predicted octanol–water partition coefficient (Wildman–Crippen LogP) is 1.32. The van der Waals surface area contributed by atoms with E-state index in [1.807, 2.05) is 6.92 Å². The van der Waals surface area contributed by atoms with E-state index < -0.39 is 0 Å². The number of aliphatic hydroxyl groups is 1. The SMILES string of the molecule is CC[C@@H](CO)Nc1nc(OC)ncc1Cl. The van der Waals surface area contributed by atoms with Crippen molar-refractivity contribution in [3.8, 4) is 6.01 Å². The molecule has 1 aromatic rings. The Hall–Kier alpha value is -1.07. The number of halogens is 1. The minimum atomic E-state index is -0.0675. The van der Waals surface area contributed by atoms with Crippen molar-refractivity contribution in [3.63, 3.8) is 0 Å². The van der Waals surface area contributed by atoms with E-state index >= 15 is 0 Å². The van der Waals surface area contributed by atoms with Crippen LogP contribution < -0.4 is 10.1 Å². The Labute approximate surface area is 93.5 Å². The van der Waals surface area contributed by atoms with Gasteiger partial charge in [-0.1, -0.05) is 18.5 Å². The van der Waals surface area contributed by atoms with Gasteiger partial charge < -0.3 is 15.2 Å². The Balaban J connectivity index is 2.82. The average molecular weight is 232 g/mol. The minimum Gasteiger partial charge on any atom is -0.467 e. The van der Waals surface area contributed by atoms with E-state index in [0.29, 0.717) is 10.8 Å². The summed E-state index contributed by atoms with van der Waals surface area (Å²) in [6.45, 7) is 1.99. The number of nitrogens with zero attached hydrogens (tertiary/aromatic N) is 2. The molecule has 1 heterocycles. The molecule has 0 saturated heterocycles. The summed E-state index contributed by atoms with van der Waals surface area (Å²) in [6.07, 6.45) is 2.24. The van der Waals surface area contributed by atoms with Crippen molar-refractivity contribution in [2.45, 2.75) is 19.4 Å². The summed E-state index contributed by atoms with van der Waals surface area (Å²) in [5.41, 5.74) is 0. The Bertz CT molecular complexity index is 318. The van der Waals surface area contributed by atoms with Gasteiger partial charge in [-0.25, -0.2) is 4.98 Å². The second kappa shape index (κ2) is 5.72. The van der Waals surface area contributed by atoms with Gasteiger partial charge >= 0.3 is 6.01 Å². The lowest BCUT2D eigenvalue weighted by Gasteiger charge is -2.15. The second-order valence-electron chi connectivity index (χ2n) is 2.99. The van der Waals surface area contributed by atoms with Crippen LogP contribution in [0.25, 0.3) is 0 Å². The maximum atomic E-state index is 9.02. The molecule has 0 aliphatic carbocycles. The summed E-state index contributed by atoms with van der Waals surface area (Å²) >= 11 is 5.89. The molecule has 5 nitrogen and oxygen atoms in total. The third kappa shape index (κ3) is 3.21. The fraction of sp³-hybridized carbons (Fsp3) is 0.556.